The number of hydrogen-bond donors (Lipinski definition) is 0. The van der Waals surface area contributed by atoms with Crippen molar-refractivity contribution < 1.29 is 0 Å². The Balaban J connectivity index is 1.60. The highest BCUT2D eigenvalue weighted by molar-refractivity contribution is 4.92. The van der Waals surface area contributed by atoms with Crippen LogP contribution in [0.15, 0.2) is 12.2 Å². The zero-order chi connectivity index (χ0) is 16.3. The van der Waals surface area contributed by atoms with E-state index in [0.717, 1.165) is 23.7 Å². The largest absolute Gasteiger partial charge is 0.0883 e. The molecule has 0 unspecified atom stereocenters. The summed E-state index contributed by atoms with van der Waals surface area (Å²) in [5.41, 5.74) is 0. The van der Waals surface area contributed by atoms with Gasteiger partial charge in [0.05, 0.1) is 0 Å². The van der Waals surface area contributed by atoms with Gasteiger partial charge in [-0.1, -0.05) is 77.4 Å². The molecule has 0 saturated heterocycles. The molecule has 2 fully saturated rings. The Hall–Kier alpha value is -0.260. The fraction of sp³-hybridized carbons (Fsp3) is 0.913. The highest BCUT2D eigenvalue weighted by Gasteiger charge is 2.30. The summed E-state index contributed by atoms with van der Waals surface area (Å²) in [5.74, 6) is 4.15. The molecule has 0 heterocycles. The minimum absolute atomic E-state index is 0.911. The SMILES string of the molecule is CCCC/C=C/C1CCC(C2CCC(CCCCC)CC2)CC1. The smallest absolute Gasteiger partial charge is 0.0233 e. The van der Waals surface area contributed by atoms with E-state index in [9.17, 15) is 0 Å². The van der Waals surface area contributed by atoms with Gasteiger partial charge in [-0.2, -0.15) is 0 Å². The van der Waals surface area contributed by atoms with Gasteiger partial charge in [0.2, 0.25) is 0 Å². The summed E-state index contributed by atoms with van der Waals surface area (Å²) < 4.78 is 0. The van der Waals surface area contributed by atoms with Crippen LogP contribution in [0.2, 0.25) is 0 Å². The molecule has 0 heteroatoms. The van der Waals surface area contributed by atoms with Crippen molar-refractivity contribution in [3.05, 3.63) is 12.2 Å². The van der Waals surface area contributed by atoms with E-state index >= 15 is 0 Å². The minimum Gasteiger partial charge on any atom is -0.0883 e. The molecule has 0 aromatic rings. The van der Waals surface area contributed by atoms with Crippen molar-refractivity contribution in [1.29, 1.82) is 0 Å². The summed E-state index contributed by atoms with van der Waals surface area (Å²) in [6, 6.07) is 0. The van der Waals surface area contributed by atoms with E-state index in [1.54, 1.807) is 25.7 Å². The number of rotatable bonds is 9. The first-order valence-electron chi connectivity index (χ1n) is 11.0. The van der Waals surface area contributed by atoms with Crippen LogP contribution in [-0.4, -0.2) is 0 Å². The maximum atomic E-state index is 2.55. The lowest BCUT2D eigenvalue weighted by molar-refractivity contribution is 0.151. The lowest BCUT2D eigenvalue weighted by Gasteiger charge is -2.37. The Kier molecular flexibility index (Phi) is 9.39. The van der Waals surface area contributed by atoms with Crippen LogP contribution in [0.5, 0.6) is 0 Å². The molecular formula is C23H42. The number of allylic oxidation sites excluding steroid dienone is 2. The molecule has 2 saturated carbocycles. The van der Waals surface area contributed by atoms with Crippen LogP contribution in [0.25, 0.3) is 0 Å². The van der Waals surface area contributed by atoms with Crippen LogP contribution in [0, 0.1) is 23.7 Å². The normalized spacial score (nSPS) is 32.4. The van der Waals surface area contributed by atoms with Gasteiger partial charge in [-0.25, -0.2) is 0 Å². The van der Waals surface area contributed by atoms with Crippen molar-refractivity contribution in [2.24, 2.45) is 23.7 Å². The molecule has 0 aromatic heterocycles. The highest BCUT2D eigenvalue weighted by Crippen LogP contribution is 2.42. The first-order chi connectivity index (χ1) is 11.3. The molecular weight excluding hydrogens is 276 g/mol. The average molecular weight is 319 g/mol. The quantitative estimate of drug-likeness (QED) is 0.299. The third kappa shape index (κ3) is 7.02. The monoisotopic (exact) mass is 318 g/mol. The van der Waals surface area contributed by atoms with E-state index in [2.05, 4.69) is 26.0 Å². The van der Waals surface area contributed by atoms with E-state index in [-0.39, 0.29) is 0 Å². The molecule has 0 bridgehead atoms. The fourth-order valence-corrected chi connectivity index (χ4v) is 5.05. The van der Waals surface area contributed by atoms with E-state index in [0.29, 0.717) is 0 Å². The van der Waals surface area contributed by atoms with Gasteiger partial charge in [0.25, 0.3) is 0 Å². The fourth-order valence-electron chi connectivity index (χ4n) is 5.05. The zero-order valence-electron chi connectivity index (χ0n) is 16.1. The second-order valence-corrected chi connectivity index (χ2v) is 8.52. The summed E-state index contributed by atoms with van der Waals surface area (Å²) in [6.07, 6.45) is 27.1. The summed E-state index contributed by atoms with van der Waals surface area (Å²) in [4.78, 5) is 0. The van der Waals surface area contributed by atoms with Crippen LogP contribution in [-0.2, 0) is 0 Å². The maximum Gasteiger partial charge on any atom is -0.0233 e. The van der Waals surface area contributed by atoms with Crippen molar-refractivity contribution in [1.82, 2.24) is 0 Å². The molecule has 134 valence electrons. The Morgan fingerprint density at radius 1 is 0.696 bits per heavy atom. The molecule has 23 heavy (non-hydrogen) atoms. The lowest BCUT2D eigenvalue weighted by atomic mass is 9.68. The summed E-state index contributed by atoms with van der Waals surface area (Å²) in [7, 11) is 0. The standard InChI is InChI=1S/C23H42/c1-3-5-7-9-11-21-14-18-23(19-15-21)22-16-12-20(13-17-22)10-8-6-4-2/h9,11,20-23H,3-8,10,12-19H2,1-2H3/b11-9+. The molecule has 0 atom stereocenters. The molecule has 2 aliphatic rings. The van der Waals surface area contributed by atoms with Gasteiger partial charge in [-0.15, -0.1) is 0 Å². The third-order valence-electron chi connectivity index (χ3n) is 6.72. The van der Waals surface area contributed by atoms with Crippen molar-refractivity contribution in [3.8, 4) is 0 Å². The topological polar surface area (TPSA) is 0 Å². The molecule has 0 N–H and O–H groups in total. The lowest BCUT2D eigenvalue weighted by Crippen LogP contribution is -2.25. The summed E-state index contributed by atoms with van der Waals surface area (Å²) in [5, 5.41) is 0. The minimum atomic E-state index is 0.911. The summed E-state index contributed by atoms with van der Waals surface area (Å²) >= 11 is 0. The summed E-state index contributed by atoms with van der Waals surface area (Å²) in [6.45, 7) is 4.61. The van der Waals surface area contributed by atoms with Crippen LogP contribution >= 0.6 is 0 Å². The van der Waals surface area contributed by atoms with Crippen molar-refractivity contribution in [2.45, 2.75) is 110 Å². The van der Waals surface area contributed by atoms with Crippen LogP contribution in [0.3, 0.4) is 0 Å². The average Bonchev–Trinajstić information content (AvgIpc) is 2.60. The molecule has 0 amide bonds. The van der Waals surface area contributed by atoms with Crippen LogP contribution < -0.4 is 0 Å². The molecule has 0 nitrogen and oxygen atoms in total. The van der Waals surface area contributed by atoms with Gasteiger partial charge in [0, 0.05) is 0 Å². The molecule has 0 aromatic carbocycles. The predicted octanol–water partition coefficient (Wildman–Crippen LogP) is 7.93. The van der Waals surface area contributed by atoms with Crippen molar-refractivity contribution >= 4 is 0 Å². The van der Waals surface area contributed by atoms with E-state index in [1.807, 2.05) is 0 Å². The maximum absolute atomic E-state index is 2.55. The first-order valence-corrected chi connectivity index (χ1v) is 11.0. The van der Waals surface area contributed by atoms with E-state index in [1.165, 1.54) is 70.6 Å². The highest BCUT2D eigenvalue weighted by atomic mass is 14.4. The number of hydrogen-bond acceptors (Lipinski definition) is 0. The third-order valence-corrected chi connectivity index (χ3v) is 6.72. The van der Waals surface area contributed by atoms with Crippen molar-refractivity contribution in [3.63, 3.8) is 0 Å². The van der Waals surface area contributed by atoms with Gasteiger partial charge in [-0.05, 0) is 68.6 Å². The zero-order valence-corrected chi connectivity index (χ0v) is 16.1. The molecule has 2 aliphatic carbocycles. The Labute approximate surface area is 146 Å². The van der Waals surface area contributed by atoms with Gasteiger partial charge in [0.1, 0.15) is 0 Å². The Bertz CT molecular complexity index is 300. The second-order valence-electron chi connectivity index (χ2n) is 8.52. The molecule has 2 rings (SSSR count). The first kappa shape index (κ1) is 19.1. The van der Waals surface area contributed by atoms with Gasteiger partial charge in [0.15, 0.2) is 0 Å². The molecule has 0 radical (unpaired) electrons. The van der Waals surface area contributed by atoms with Crippen molar-refractivity contribution in [2.75, 3.05) is 0 Å². The molecule has 0 spiro atoms. The number of unbranched alkanes of at least 4 members (excludes halogenated alkanes) is 4. The van der Waals surface area contributed by atoms with E-state index in [4.69, 9.17) is 0 Å². The van der Waals surface area contributed by atoms with Gasteiger partial charge >= 0.3 is 0 Å². The predicted molar refractivity (Wildman–Crippen MR) is 104 cm³/mol. The van der Waals surface area contributed by atoms with Crippen LogP contribution in [0.4, 0.5) is 0 Å². The second kappa shape index (κ2) is 11.3. The van der Waals surface area contributed by atoms with Gasteiger partial charge < -0.3 is 0 Å². The Morgan fingerprint density at radius 3 is 1.91 bits per heavy atom. The molecule has 0 aliphatic heterocycles. The Morgan fingerprint density at radius 2 is 1.30 bits per heavy atom. The van der Waals surface area contributed by atoms with Gasteiger partial charge in [-0.3, -0.25) is 0 Å². The van der Waals surface area contributed by atoms with Crippen LogP contribution in [0.1, 0.15) is 110 Å². The van der Waals surface area contributed by atoms with E-state index < -0.39 is 0 Å².